The molecule has 0 saturated carbocycles. The molecule has 0 saturated heterocycles. The number of carbonyl (C=O) groups is 1. The molecule has 0 spiro atoms. The van der Waals surface area contributed by atoms with Gasteiger partial charge in [-0.05, 0) is 22.9 Å². The molecule has 0 aromatic carbocycles. The number of carboxylic acids is 1. The van der Waals surface area contributed by atoms with Crippen molar-refractivity contribution < 1.29 is 9.90 Å². The lowest BCUT2D eigenvalue weighted by Gasteiger charge is -1.95. The molecule has 0 aliphatic rings. The van der Waals surface area contributed by atoms with Crippen molar-refractivity contribution in [2.45, 2.75) is 19.9 Å². The van der Waals surface area contributed by atoms with Crippen LogP contribution in [0.2, 0.25) is 0 Å². The molecule has 0 fully saturated rings. The molecule has 1 rings (SSSR count). The highest BCUT2D eigenvalue weighted by Crippen LogP contribution is 2.13. The summed E-state index contributed by atoms with van der Waals surface area (Å²) in [6.07, 6.45) is 1.88. The Bertz CT molecular complexity index is 279. The smallest absolute Gasteiger partial charge is 0.305 e. The highest BCUT2D eigenvalue weighted by molar-refractivity contribution is 9.10. The molecule has 74 valence electrons. The Kier molecular flexibility index (Phi) is 5.24. The summed E-state index contributed by atoms with van der Waals surface area (Å²) in [6.45, 7) is 2.28. The molecule has 0 radical (unpaired) electrons. The first kappa shape index (κ1) is 12.6. The van der Waals surface area contributed by atoms with Crippen LogP contribution in [0.5, 0.6) is 0 Å². The van der Waals surface area contributed by atoms with E-state index in [1.165, 1.54) is 0 Å². The molecule has 0 amide bonds. The monoisotopic (exact) mass is 312 g/mol. The van der Waals surface area contributed by atoms with Crippen LogP contribution in [-0.4, -0.2) is 20.9 Å². The average Bonchev–Trinajstić information content (AvgIpc) is 2.28. The van der Waals surface area contributed by atoms with Gasteiger partial charge in [-0.3, -0.25) is 9.48 Å². The Balaban J connectivity index is 0.00000144. The molecule has 1 N–H and O–H groups in total. The highest BCUT2D eigenvalue weighted by Gasteiger charge is 2.02. The van der Waals surface area contributed by atoms with E-state index in [1.807, 2.05) is 6.92 Å². The molecule has 0 bridgehead atoms. The fourth-order valence-corrected chi connectivity index (χ4v) is 1.13. The summed E-state index contributed by atoms with van der Waals surface area (Å²) in [6, 6.07) is 0. The molecule has 0 aliphatic carbocycles. The number of hydrogen-bond donors (Lipinski definition) is 1. The first-order valence-electron chi connectivity index (χ1n) is 3.51. The Labute approximate surface area is 94.8 Å². The van der Waals surface area contributed by atoms with E-state index in [1.54, 1.807) is 10.9 Å². The molecule has 0 aliphatic heterocycles. The lowest BCUT2D eigenvalue weighted by Crippen LogP contribution is -2.04. The number of hydrogen-bond acceptors (Lipinski definition) is 2. The molecule has 6 heteroatoms. The fraction of sp³-hybridized carbons (Fsp3) is 0.429. The number of aromatic nitrogens is 2. The van der Waals surface area contributed by atoms with Gasteiger partial charge in [-0.25, -0.2) is 0 Å². The van der Waals surface area contributed by atoms with Gasteiger partial charge in [0, 0.05) is 6.20 Å². The number of carboxylic acid groups (broad SMARTS) is 1. The maximum Gasteiger partial charge on any atom is 0.305 e. The van der Waals surface area contributed by atoms with Gasteiger partial charge in [-0.2, -0.15) is 5.10 Å². The highest BCUT2D eigenvalue weighted by atomic mass is 79.9. The molecule has 0 atom stereocenters. The molecule has 1 aromatic rings. The van der Waals surface area contributed by atoms with Crippen molar-refractivity contribution in [2.75, 3.05) is 0 Å². The standard InChI is InChI=1S/C7H9BrN2O2.BrH/c1-5-6(8)4-10(9-5)3-2-7(11)12;/h4H,2-3H2,1H3,(H,11,12);1H. The maximum absolute atomic E-state index is 10.2. The van der Waals surface area contributed by atoms with E-state index in [0.717, 1.165) is 10.2 Å². The maximum atomic E-state index is 10.2. The van der Waals surface area contributed by atoms with Crippen molar-refractivity contribution in [3.8, 4) is 0 Å². The molecular weight excluding hydrogens is 304 g/mol. The van der Waals surface area contributed by atoms with E-state index in [2.05, 4.69) is 21.0 Å². The average molecular weight is 314 g/mol. The molecule has 1 aromatic heterocycles. The molecule has 4 nitrogen and oxygen atoms in total. The Hall–Kier alpha value is -0.360. The van der Waals surface area contributed by atoms with E-state index in [-0.39, 0.29) is 23.4 Å². The Morgan fingerprint density at radius 3 is 2.77 bits per heavy atom. The normalized spacial score (nSPS) is 9.38. The van der Waals surface area contributed by atoms with Gasteiger partial charge in [-0.1, -0.05) is 0 Å². The van der Waals surface area contributed by atoms with Crippen molar-refractivity contribution in [3.63, 3.8) is 0 Å². The molecule has 13 heavy (non-hydrogen) atoms. The van der Waals surface area contributed by atoms with E-state index in [4.69, 9.17) is 5.11 Å². The first-order chi connectivity index (χ1) is 5.59. The minimum atomic E-state index is -0.806. The van der Waals surface area contributed by atoms with Gasteiger partial charge in [0.25, 0.3) is 0 Å². The van der Waals surface area contributed by atoms with Gasteiger partial charge < -0.3 is 5.11 Å². The molecule has 0 unspecified atom stereocenters. The third kappa shape index (κ3) is 3.91. The molecule has 1 heterocycles. The third-order valence-corrected chi connectivity index (χ3v) is 2.22. The van der Waals surface area contributed by atoms with Crippen LogP contribution in [0.3, 0.4) is 0 Å². The van der Waals surface area contributed by atoms with Crippen LogP contribution in [-0.2, 0) is 11.3 Å². The summed E-state index contributed by atoms with van der Waals surface area (Å²) in [5, 5.41) is 12.5. The van der Waals surface area contributed by atoms with E-state index in [0.29, 0.717) is 6.54 Å². The van der Waals surface area contributed by atoms with Gasteiger partial charge in [0.15, 0.2) is 0 Å². The number of nitrogens with zero attached hydrogens (tertiary/aromatic N) is 2. The topological polar surface area (TPSA) is 55.1 Å². The van der Waals surface area contributed by atoms with Crippen molar-refractivity contribution in [1.82, 2.24) is 9.78 Å². The first-order valence-corrected chi connectivity index (χ1v) is 4.30. The second kappa shape index (κ2) is 5.39. The summed E-state index contributed by atoms with van der Waals surface area (Å²) in [7, 11) is 0. The van der Waals surface area contributed by atoms with Crippen LogP contribution < -0.4 is 0 Å². The van der Waals surface area contributed by atoms with Crippen LogP contribution >= 0.6 is 32.9 Å². The second-order valence-electron chi connectivity index (χ2n) is 2.47. The number of aliphatic carboxylic acids is 1. The zero-order valence-corrected chi connectivity index (χ0v) is 10.3. The zero-order chi connectivity index (χ0) is 9.14. The summed E-state index contributed by atoms with van der Waals surface area (Å²) in [5.41, 5.74) is 0.875. The predicted molar refractivity (Wildman–Crippen MR) is 57.2 cm³/mol. The van der Waals surface area contributed by atoms with Gasteiger partial charge >= 0.3 is 5.97 Å². The van der Waals surface area contributed by atoms with Crippen molar-refractivity contribution in [2.24, 2.45) is 0 Å². The lowest BCUT2D eigenvalue weighted by atomic mass is 10.4. The Morgan fingerprint density at radius 1 is 1.77 bits per heavy atom. The summed E-state index contributed by atoms with van der Waals surface area (Å²) in [5.74, 6) is -0.806. The van der Waals surface area contributed by atoms with Gasteiger partial charge in [0.1, 0.15) is 0 Å². The quantitative estimate of drug-likeness (QED) is 0.928. The summed E-state index contributed by atoms with van der Waals surface area (Å²) in [4.78, 5) is 10.2. The molecular formula is C7H10Br2N2O2. The van der Waals surface area contributed by atoms with Crippen molar-refractivity contribution in [1.29, 1.82) is 0 Å². The SMILES string of the molecule is Br.Cc1nn(CCC(=O)O)cc1Br. The second-order valence-corrected chi connectivity index (χ2v) is 3.32. The summed E-state index contributed by atoms with van der Waals surface area (Å²) >= 11 is 3.29. The van der Waals surface area contributed by atoms with Gasteiger partial charge in [0.05, 0.1) is 23.1 Å². The number of halogens is 2. The lowest BCUT2D eigenvalue weighted by molar-refractivity contribution is -0.137. The summed E-state index contributed by atoms with van der Waals surface area (Å²) < 4.78 is 2.53. The largest absolute Gasteiger partial charge is 0.481 e. The number of rotatable bonds is 3. The number of aryl methyl sites for hydroxylation is 2. The van der Waals surface area contributed by atoms with Crippen molar-refractivity contribution >= 4 is 38.9 Å². The van der Waals surface area contributed by atoms with Crippen LogP contribution in [0.4, 0.5) is 0 Å². The van der Waals surface area contributed by atoms with E-state index >= 15 is 0 Å². The fourth-order valence-electron chi connectivity index (χ4n) is 0.818. The van der Waals surface area contributed by atoms with Crippen LogP contribution in [0.25, 0.3) is 0 Å². The van der Waals surface area contributed by atoms with Crippen molar-refractivity contribution in [3.05, 3.63) is 16.4 Å². The zero-order valence-electron chi connectivity index (χ0n) is 7.03. The minimum absolute atomic E-state index is 0. The Morgan fingerprint density at radius 2 is 2.38 bits per heavy atom. The third-order valence-electron chi connectivity index (χ3n) is 1.44. The van der Waals surface area contributed by atoms with Gasteiger partial charge in [-0.15, -0.1) is 17.0 Å². The predicted octanol–water partition coefficient (Wildman–Crippen LogP) is 2.01. The van der Waals surface area contributed by atoms with E-state index < -0.39 is 5.97 Å². The van der Waals surface area contributed by atoms with E-state index in [9.17, 15) is 4.79 Å². The van der Waals surface area contributed by atoms with Crippen LogP contribution in [0.15, 0.2) is 10.7 Å². The minimum Gasteiger partial charge on any atom is -0.481 e. The van der Waals surface area contributed by atoms with Crippen LogP contribution in [0, 0.1) is 6.92 Å². The van der Waals surface area contributed by atoms with Crippen LogP contribution in [0.1, 0.15) is 12.1 Å². The van der Waals surface area contributed by atoms with Gasteiger partial charge in [0.2, 0.25) is 0 Å².